The van der Waals surface area contributed by atoms with E-state index in [9.17, 15) is 38.4 Å². The van der Waals surface area contributed by atoms with Gasteiger partial charge in [-0.05, 0) is 62.6 Å². The van der Waals surface area contributed by atoms with Gasteiger partial charge < -0.3 is 68.9 Å². The number of hydrogen-bond acceptors (Lipinski definition) is 11. The molecule has 8 amide bonds. The number of hydrogen-bond donors (Lipinski definition) is 11. The van der Waals surface area contributed by atoms with Crippen molar-refractivity contribution in [3.8, 4) is 0 Å². The zero-order valence-electron chi connectivity index (χ0n) is 39.5. The average Bonchev–Trinajstić information content (AvgIpc) is 4.22. The first-order valence-corrected chi connectivity index (χ1v) is 24.0. The first kappa shape index (κ1) is 51.0. The van der Waals surface area contributed by atoms with Crippen molar-refractivity contribution in [1.82, 2.24) is 56.7 Å². The first-order chi connectivity index (χ1) is 34.2. The SMILES string of the molecule is C[C@@H]1NC(=O)[C@@H]2CCCN2C(=O)[C@H]2CCCN2C(=O)[C@H](Cc2cnc[nH]2)NC(=O)[C@@H](Cc2ccccc2)NC(=O)[C@H](CCCN=C(N)N)NC(=O)[C@H](Cc2c[nH]c3ccccc23)NC(=O)[C@H](CN)NC1=O. The average molecular weight is 978 g/mol. The highest BCUT2D eigenvalue weighted by Gasteiger charge is 2.44. The van der Waals surface area contributed by atoms with E-state index in [-0.39, 0.29) is 57.7 Å². The molecular formula is C48H63N15O8. The summed E-state index contributed by atoms with van der Waals surface area (Å²) >= 11 is 0. The lowest BCUT2D eigenvalue weighted by atomic mass is 10.0. The molecule has 14 N–H and O–H groups in total. The second kappa shape index (κ2) is 23.7. The summed E-state index contributed by atoms with van der Waals surface area (Å²) in [5.74, 6) is -5.66. The minimum atomic E-state index is -1.38. The molecule has 7 rings (SSSR count). The summed E-state index contributed by atoms with van der Waals surface area (Å²) in [5, 5.41) is 17.2. The number of H-pyrrole nitrogens is 2. The molecule has 4 aromatic rings. The third-order valence-corrected chi connectivity index (χ3v) is 13.1. The van der Waals surface area contributed by atoms with E-state index in [0.717, 1.165) is 10.9 Å². The molecule has 0 radical (unpaired) electrons. The van der Waals surface area contributed by atoms with Crippen LogP contribution in [0.15, 0.2) is 78.3 Å². The number of aliphatic imine (C=N–C) groups is 1. The van der Waals surface area contributed by atoms with Crippen LogP contribution in [-0.4, -0.2) is 152 Å². The quantitative estimate of drug-likeness (QED) is 0.0436. The molecule has 0 aliphatic carbocycles. The molecule has 3 aliphatic rings. The molecule has 23 heteroatoms. The summed E-state index contributed by atoms with van der Waals surface area (Å²) in [5.41, 5.74) is 19.8. The van der Waals surface area contributed by atoms with Crippen molar-refractivity contribution >= 4 is 64.1 Å². The van der Waals surface area contributed by atoms with Gasteiger partial charge in [-0.25, -0.2) is 4.98 Å². The molecule has 71 heavy (non-hydrogen) atoms. The Kier molecular flexibility index (Phi) is 17.0. The van der Waals surface area contributed by atoms with Crippen LogP contribution in [-0.2, 0) is 57.6 Å². The van der Waals surface area contributed by atoms with E-state index in [0.29, 0.717) is 42.5 Å². The zero-order valence-corrected chi connectivity index (χ0v) is 39.5. The molecule has 0 saturated carbocycles. The Balaban J connectivity index is 1.26. The topological polar surface area (TPSA) is 350 Å². The van der Waals surface area contributed by atoms with Gasteiger partial charge in [0, 0.05) is 74.4 Å². The maximum atomic E-state index is 14.8. The summed E-state index contributed by atoms with van der Waals surface area (Å²) < 4.78 is 0. The van der Waals surface area contributed by atoms with Gasteiger partial charge in [0.2, 0.25) is 47.3 Å². The number of fused-ring (bicyclic) bond motifs is 3. The third kappa shape index (κ3) is 12.9. The van der Waals surface area contributed by atoms with Gasteiger partial charge in [-0.1, -0.05) is 48.5 Å². The third-order valence-electron chi connectivity index (χ3n) is 13.1. The lowest BCUT2D eigenvalue weighted by molar-refractivity contribution is -0.148. The van der Waals surface area contributed by atoms with Gasteiger partial charge in [0.05, 0.1) is 6.33 Å². The van der Waals surface area contributed by atoms with E-state index < -0.39 is 102 Å². The number of nitrogens with one attached hydrogen (secondary N) is 8. The fourth-order valence-corrected chi connectivity index (χ4v) is 9.35. The number of rotatable bonds is 11. The monoisotopic (exact) mass is 977 g/mol. The number of aromatic nitrogens is 3. The van der Waals surface area contributed by atoms with Gasteiger partial charge in [-0.3, -0.25) is 43.3 Å². The van der Waals surface area contributed by atoms with Crippen LogP contribution < -0.4 is 49.1 Å². The highest BCUT2D eigenvalue weighted by Crippen LogP contribution is 2.27. The molecule has 0 unspecified atom stereocenters. The lowest BCUT2D eigenvalue weighted by Crippen LogP contribution is -2.62. The van der Waals surface area contributed by atoms with Crippen LogP contribution in [0.4, 0.5) is 0 Å². The highest BCUT2D eigenvalue weighted by atomic mass is 16.2. The van der Waals surface area contributed by atoms with Crippen LogP contribution in [0.5, 0.6) is 0 Å². The number of amides is 8. The molecule has 2 aromatic carbocycles. The Morgan fingerprint density at radius 2 is 1.25 bits per heavy atom. The Bertz CT molecular complexity index is 2580. The number of carbonyl (C=O) groups is 8. The van der Waals surface area contributed by atoms with E-state index in [1.165, 1.54) is 29.2 Å². The fraction of sp³-hybridized carbons (Fsp3) is 0.458. The van der Waals surface area contributed by atoms with Crippen molar-refractivity contribution in [2.45, 2.75) is 113 Å². The minimum Gasteiger partial charge on any atom is -0.370 e. The molecule has 3 fully saturated rings. The van der Waals surface area contributed by atoms with Crippen LogP contribution in [0.3, 0.4) is 0 Å². The van der Waals surface area contributed by atoms with E-state index in [4.69, 9.17) is 17.2 Å². The predicted octanol–water partition coefficient (Wildman–Crippen LogP) is -2.14. The molecule has 378 valence electrons. The molecular weight excluding hydrogens is 915 g/mol. The normalized spacial score (nSPS) is 25.5. The van der Waals surface area contributed by atoms with Gasteiger partial charge in [-0.2, -0.15) is 0 Å². The van der Waals surface area contributed by atoms with Crippen LogP contribution in [0, 0.1) is 0 Å². The smallest absolute Gasteiger partial charge is 0.246 e. The van der Waals surface area contributed by atoms with Crippen molar-refractivity contribution in [2.75, 3.05) is 26.2 Å². The standard InChI is InChI=1S/C48H63N15O8/c1-27-40(64)61-37(23-49)44(68)59-35(21-29-24-54-32-13-6-5-12-31(29)32)43(67)57-33(14-7-17-53-48(50)51)41(65)58-34(20-28-10-3-2-4-11-28)42(66)60-36(22-30-25-52-26-55-30)46(70)63-19-9-16-39(63)47(71)62-18-8-15-38(62)45(69)56-27/h2-6,10-13,24-27,33-39,54H,7-9,14-23,49H2,1H3,(H,52,55)(H,56,69)(H,57,67)(H,58,65)(H,59,68)(H,60,66)(H,61,64)(H4,50,51,53)/t27-,33-,34+,35-,36-,37-,38-,39+/m0/s1. The summed E-state index contributed by atoms with van der Waals surface area (Å²) in [6.07, 6.45) is 6.17. The fourth-order valence-electron chi connectivity index (χ4n) is 9.35. The number of nitrogens with two attached hydrogens (primary N) is 3. The highest BCUT2D eigenvalue weighted by molar-refractivity contribution is 5.99. The summed E-state index contributed by atoms with van der Waals surface area (Å²) in [6.45, 7) is 1.52. The van der Waals surface area contributed by atoms with Crippen molar-refractivity contribution in [2.24, 2.45) is 22.2 Å². The molecule has 2 aromatic heterocycles. The zero-order chi connectivity index (χ0) is 50.6. The summed E-state index contributed by atoms with van der Waals surface area (Å²) in [6, 6.07) is 6.46. The van der Waals surface area contributed by atoms with Crippen molar-refractivity contribution in [1.29, 1.82) is 0 Å². The van der Waals surface area contributed by atoms with Gasteiger partial charge in [0.15, 0.2) is 5.96 Å². The second-order valence-corrected chi connectivity index (χ2v) is 18.1. The van der Waals surface area contributed by atoms with Crippen LogP contribution in [0.1, 0.15) is 62.3 Å². The Morgan fingerprint density at radius 3 is 1.94 bits per heavy atom. The van der Waals surface area contributed by atoms with Gasteiger partial charge in [-0.15, -0.1) is 0 Å². The molecule has 23 nitrogen and oxygen atoms in total. The number of aromatic amines is 2. The van der Waals surface area contributed by atoms with E-state index in [1.54, 1.807) is 36.5 Å². The molecule has 8 atom stereocenters. The number of para-hydroxylation sites is 1. The first-order valence-electron chi connectivity index (χ1n) is 24.0. The molecule has 3 aliphatic heterocycles. The van der Waals surface area contributed by atoms with E-state index in [2.05, 4.69) is 51.8 Å². The lowest BCUT2D eigenvalue weighted by Gasteiger charge is -2.33. The number of guanidine groups is 1. The van der Waals surface area contributed by atoms with Crippen molar-refractivity contribution in [3.05, 3.63) is 90.1 Å². The van der Waals surface area contributed by atoms with Crippen LogP contribution >= 0.6 is 0 Å². The van der Waals surface area contributed by atoms with E-state index in [1.807, 2.05) is 24.3 Å². The predicted molar refractivity (Wildman–Crippen MR) is 260 cm³/mol. The Labute approximate surface area is 409 Å². The molecule has 3 saturated heterocycles. The minimum absolute atomic E-state index is 0.0317. The van der Waals surface area contributed by atoms with Gasteiger partial charge in [0.1, 0.15) is 48.3 Å². The van der Waals surface area contributed by atoms with Crippen LogP contribution in [0.2, 0.25) is 0 Å². The Morgan fingerprint density at radius 1 is 0.648 bits per heavy atom. The summed E-state index contributed by atoms with van der Waals surface area (Å²) in [4.78, 5) is 132. The number of benzene rings is 2. The van der Waals surface area contributed by atoms with Gasteiger partial charge in [0.25, 0.3) is 0 Å². The molecule has 0 bridgehead atoms. The maximum Gasteiger partial charge on any atom is 0.246 e. The molecule has 5 heterocycles. The van der Waals surface area contributed by atoms with Crippen molar-refractivity contribution in [3.63, 3.8) is 0 Å². The molecule has 0 spiro atoms. The van der Waals surface area contributed by atoms with Gasteiger partial charge >= 0.3 is 0 Å². The maximum absolute atomic E-state index is 14.8. The summed E-state index contributed by atoms with van der Waals surface area (Å²) in [7, 11) is 0. The Hall–Kier alpha value is -7.82. The number of imidazole rings is 1. The van der Waals surface area contributed by atoms with E-state index >= 15 is 0 Å². The number of carbonyl (C=O) groups excluding carboxylic acids is 8. The van der Waals surface area contributed by atoms with Crippen molar-refractivity contribution < 1.29 is 38.4 Å². The second-order valence-electron chi connectivity index (χ2n) is 18.1. The number of nitrogens with zero attached hydrogens (tertiary/aromatic N) is 4. The largest absolute Gasteiger partial charge is 0.370 e. The van der Waals surface area contributed by atoms with Crippen LogP contribution in [0.25, 0.3) is 10.9 Å².